The van der Waals surface area contributed by atoms with Crippen molar-refractivity contribution in [3.63, 3.8) is 0 Å². The van der Waals surface area contributed by atoms with Crippen LogP contribution in [0.2, 0.25) is 0 Å². The lowest BCUT2D eigenvalue weighted by Crippen LogP contribution is -2.42. The number of nitrogens with one attached hydrogen (secondary N) is 2. The first-order valence-corrected chi connectivity index (χ1v) is 14.0. The molecule has 7 rings (SSSR count). The van der Waals surface area contributed by atoms with Gasteiger partial charge in [0.1, 0.15) is 11.4 Å². The van der Waals surface area contributed by atoms with E-state index in [0.717, 1.165) is 73.9 Å². The van der Waals surface area contributed by atoms with Crippen molar-refractivity contribution in [2.45, 2.75) is 63.2 Å². The summed E-state index contributed by atoms with van der Waals surface area (Å²) in [7, 11) is 1.96. The Morgan fingerprint density at radius 3 is 2.67 bits per heavy atom. The largest absolute Gasteiger partial charge is 0.452 e. The first kappa shape index (κ1) is 24.2. The fourth-order valence-electron chi connectivity index (χ4n) is 6.51. The molecule has 1 aliphatic carbocycles. The zero-order valence-corrected chi connectivity index (χ0v) is 22.1. The molecule has 2 amide bonds. The zero-order valence-electron chi connectivity index (χ0n) is 22.1. The number of hydrogen-bond acceptors (Lipinski definition) is 6. The van der Waals surface area contributed by atoms with Crippen LogP contribution in [0.5, 0.6) is 5.75 Å². The molecule has 3 fully saturated rings. The standard InChI is InChI=1S/C30H33N5O4/c1-34-15-18(27-24(11-12-31-29(27)34)35-16-21-8-9-22(17-35)38-21)13-26-28(36)23-14-20(7-10-25(23)39-26)33-30(37)32-19-5-3-2-4-6-19/h7,10-15,19,21-22H,2-6,8-9,16-17H2,1H3,(H2,32,33,37)/b26-13-. The molecule has 2 saturated heterocycles. The molecule has 9 heteroatoms. The maximum atomic E-state index is 13.4. The molecule has 1 saturated carbocycles. The van der Waals surface area contributed by atoms with Crippen LogP contribution < -0.4 is 20.3 Å². The molecule has 2 aromatic heterocycles. The van der Waals surface area contributed by atoms with Gasteiger partial charge in [-0.25, -0.2) is 9.78 Å². The first-order valence-electron chi connectivity index (χ1n) is 14.0. The number of carbonyl (C=O) groups is 2. The molecule has 0 spiro atoms. The summed E-state index contributed by atoms with van der Waals surface area (Å²) in [4.78, 5) is 33.0. The number of nitrogens with zero attached hydrogens (tertiary/aromatic N) is 3. The van der Waals surface area contributed by atoms with Crippen molar-refractivity contribution in [2.75, 3.05) is 23.3 Å². The van der Waals surface area contributed by atoms with Gasteiger partial charge < -0.3 is 29.6 Å². The lowest BCUT2D eigenvalue weighted by Gasteiger charge is -2.34. The highest BCUT2D eigenvalue weighted by atomic mass is 16.5. The second-order valence-corrected chi connectivity index (χ2v) is 11.2. The highest BCUT2D eigenvalue weighted by Gasteiger charge is 2.35. The molecule has 202 valence electrons. The Kier molecular flexibility index (Phi) is 6.03. The van der Waals surface area contributed by atoms with Crippen molar-refractivity contribution in [1.82, 2.24) is 14.9 Å². The third-order valence-corrected chi connectivity index (χ3v) is 8.40. The zero-order chi connectivity index (χ0) is 26.5. The van der Waals surface area contributed by atoms with E-state index in [1.54, 1.807) is 18.2 Å². The van der Waals surface area contributed by atoms with Gasteiger partial charge in [-0.15, -0.1) is 0 Å². The van der Waals surface area contributed by atoms with Gasteiger partial charge in [-0.05, 0) is 56.0 Å². The van der Waals surface area contributed by atoms with Crippen molar-refractivity contribution in [3.05, 3.63) is 53.5 Å². The summed E-state index contributed by atoms with van der Waals surface area (Å²) in [5.74, 6) is 0.555. The number of rotatable bonds is 4. The highest BCUT2D eigenvalue weighted by molar-refractivity contribution is 6.16. The number of anilines is 2. The van der Waals surface area contributed by atoms with E-state index >= 15 is 0 Å². The number of pyridine rings is 1. The number of carbonyl (C=O) groups excluding carboxylic acids is 2. The highest BCUT2D eigenvalue weighted by Crippen LogP contribution is 2.38. The molecule has 9 nitrogen and oxygen atoms in total. The van der Waals surface area contributed by atoms with Gasteiger partial charge in [-0.2, -0.15) is 0 Å². The minimum atomic E-state index is -0.240. The lowest BCUT2D eigenvalue weighted by molar-refractivity contribution is 0.0306. The molecule has 5 heterocycles. The quantitative estimate of drug-likeness (QED) is 0.463. The molecular formula is C30H33N5O4. The van der Waals surface area contributed by atoms with Crippen molar-refractivity contribution in [1.29, 1.82) is 0 Å². The number of fused-ring (bicyclic) bond motifs is 4. The average molecular weight is 528 g/mol. The van der Waals surface area contributed by atoms with Gasteiger partial charge in [0.15, 0.2) is 5.76 Å². The van der Waals surface area contributed by atoms with Crippen LogP contribution in [0.4, 0.5) is 16.2 Å². The van der Waals surface area contributed by atoms with Crippen molar-refractivity contribution in [2.24, 2.45) is 7.05 Å². The van der Waals surface area contributed by atoms with Crippen LogP contribution in [0.3, 0.4) is 0 Å². The third kappa shape index (κ3) is 4.54. The SMILES string of the molecule is Cn1cc(/C=C2\Oc3ccc(NC(=O)NC4CCCCC4)cc3C2=O)c2c(N3CC4CCC(C3)O4)ccnc21. The van der Waals surface area contributed by atoms with Gasteiger partial charge in [-0.3, -0.25) is 4.79 Å². The monoisotopic (exact) mass is 527 g/mol. The number of ketones is 1. The van der Waals surface area contributed by atoms with Crippen molar-refractivity contribution < 1.29 is 19.1 Å². The maximum absolute atomic E-state index is 13.4. The molecule has 2 unspecified atom stereocenters. The summed E-state index contributed by atoms with van der Waals surface area (Å²) >= 11 is 0. The molecule has 3 aromatic rings. The number of benzene rings is 1. The van der Waals surface area contributed by atoms with E-state index in [0.29, 0.717) is 17.0 Å². The number of hydrogen-bond donors (Lipinski definition) is 2. The second-order valence-electron chi connectivity index (χ2n) is 11.2. The van der Waals surface area contributed by atoms with Gasteiger partial charge in [0.05, 0.1) is 23.5 Å². The fraction of sp³-hybridized carbons (Fsp3) is 0.433. The number of allylic oxidation sites excluding steroid dienone is 1. The van der Waals surface area contributed by atoms with Crippen LogP contribution in [0.1, 0.15) is 60.9 Å². The number of morpholine rings is 1. The smallest absolute Gasteiger partial charge is 0.319 e. The topological polar surface area (TPSA) is 97.7 Å². The predicted molar refractivity (Wildman–Crippen MR) is 149 cm³/mol. The minimum Gasteiger partial charge on any atom is -0.452 e. The number of urea groups is 1. The Morgan fingerprint density at radius 1 is 1.08 bits per heavy atom. The summed E-state index contributed by atoms with van der Waals surface area (Å²) in [5, 5.41) is 6.94. The van der Waals surface area contributed by atoms with Crippen molar-refractivity contribution >= 4 is 40.3 Å². The molecule has 2 atom stereocenters. The Hall–Kier alpha value is -3.85. The van der Waals surface area contributed by atoms with E-state index in [1.165, 1.54) is 6.42 Å². The summed E-state index contributed by atoms with van der Waals surface area (Å²) < 4.78 is 14.1. The van der Waals surface area contributed by atoms with E-state index in [4.69, 9.17) is 9.47 Å². The summed E-state index contributed by atoms with van der Waals surface area (Å²) in [6.45, 7) is 1.71. The van der Waals surface area contributed by atoms with Crippen LogP contribution in [0.25, 0.3) is 17.1 Å². The first-order chi connectivity index (χ1) is 19.0. The number of aromatic nitrogens is 2. The minimum absolute atomic E-state index is 0.201. The number of amides is 2. The van der Waals surface area contributed by atoms with E-state index in [-0.39, 0.29) is 35.8 Å². The van der Waals surface area contributed by atoms with E-state index in [1.807, 2.05) is 30.1 Å². The van der Waals surface area contributed by atoms with Crippen molar-refractivity contribution in [3.8, 4) is 5.75 Å². The Bertz CT molecular complexity index is 1480. The summed E-state index contributed by atoms with van der Waals surface area (Å²) in [6, 6.07) is 7.22. The molecule has 2 bridgehead atoms. The van der Waals surface area contributed by atoms with E-state index < -0.39 is 0 Å². The van der Waals surface area contributed by atoms with Gasteiger partial charge in [0.25, 0.3) is 0 Å². The van der Waals surface area contributed by atoms with Crippen LogP contribution >= 0.6 is 0 Å². The summed E-state index contributed by atoms with van der Waals surface area (Å²) in [5.41, 5.74) is 3.86. The number of aryl methyl sites for hydroxylation is 1. The molecule has 1 aromatic carbocycles. The number of Topliss-reactive ketones (excluding diaryl/α,β-unsaturated/α-hetero) is 1. The van der Waals surface area contributed by atoms with Gasteiger partial charge in [-0.1, -0.05) is 19.3 Å². The maximum Gasteiger partial charge on any atom is 0.319 e. The molecule has 39 heavy (non-hydrogen) atoms. The Morgan fingerprint density at radius 2 is 1.87 bits per heavy atom. The van der Waals surface area contributed by atoms with Gasteiger partial charge >= 0.3 is 6.03 Å². The third-order valence-electron chi connectivity index (χ3n) is 8.40. The van der Waals surface area contributed by atoms with Crippen LogP contribution in [0, 0.1) is 0 Å². The molecule has 2 N–H and O–H groups in total. The average Bonchev–Trinajstić information content (AvgIpc) is 3.56. The fourth-order valence-corrected chi connectivity index (χ4v) is 6.51. The van der Waals surface area contributed by atoms with Gasteiger partial charge in [0.2, 0.25) is 5.78 Å². The molecule has 4 aliphatic rings. The second kappa shape index (κ2) is 9.72. The van der Waals surface area contributed by atoms with Crippen LogP contribution in [-0.2, 0) is 11.8 Å². The van der Waals surface area contributed by atoms with E-state index in [9.17, 15) is 9.59 Å². The molecule has 0 radical (unpaired) electrons. The number of ether oxygens (including phenoxy) is 2. The van der Waals surface area contributed by atoms with Gasteiger partial charge in [0, 0.05) is 55.2 Å². The van der Waals surface area contributed by atoms with Crippen LogP contribution in [-0.4, -0.2) is 52.7 Å². The predicted octanol–water partition coefficient (Wildman–Crippen LogP) is 5.01. The normalized spacial score (nSPS) is 23.8. The Balaban J connectivity index is 1.14. The lowest BCUT2D eigenvalue weighted by atomic mass is 9.96. The molecule has 3 aliphatic heterocycles. The molecular weight excluding hydrogens is 494 g/mol. The van der Waals surface area contributed by atoms with Crippen LogP contribution in [0.15, 0.2) is 42.4 Å². The summed E-state index contributed by atoms with van der Waals surface area (Å²) in [6.07, 6.45) is 13.9. The Labute approximate surface area is 227 Å². The van der Waals surface area contributed by atoms with E-state index in [2.05, 4.69) is 26.6 Å².